The first-order chi connectivity index (χ1) is 13.0. The molecule has 1 atom stereocenters. The molecule has 0 unspecified atom stereocenters. The number of carbonyl (C=O) groups is 2. The molecule has 1 aromatic heterocycles. The van der Waals surface area contributed by atoms with Crippen LogP contribution in [-0.2, 0) is 17.6 Å². The molecule has 27 heavy (non-hydrogen) atoms. The Morgan fingerprint density at radius 1 is 1.11 bits per heavy atom. The van der Waals surface area contributed by atoms with Crippen molar-refractivity contribution in [2.45, 2.75) is 25.8 Å². The van der Waals surface area contributed by atoms with Crippen molar-refractivity contribution in [3.8, 4) is 0 Å². The Morgan fingerprint density at radius 3 is 2.48 bits per heavy atom. The molecule has 2 aromatic carbocycles. The fourth-order valence-corrected chi connectivity index (χ4v) is 3.00. The molecule has 0 aliphatic carbocycles. The Kier molecular flexibility index (Phi) is 5.35. The molecule has 0 saturated heterocycles. The summed E-state index contributed by atoms with van der Waals surface area (Å²) in [4.78, 5) is 38.7. The minimum atomic E-state index is -1.15. The number of hydrogen-bond donors (Lipinski definition) is 3. The topological polar surface area (TPSA) is 99.3 Å². The van der Waals surface area contributed by atoms with Gasteiger partial charge in [0.2, 0.25) is 5.56 Å². The van der Waals surface area contributed by atoms with Crippen molar-refractivity contribution in [1.29, 1.82) is 0 Å². The Hall–Kier alpha value is -3.41. The normalized spacial score (nSPS) is 11.9. The quantitative estimate of drug-likeness (QED) is 0.626. The van der Waals surface area contributed by atoms with Crippen LogP contribution in [-0.4, -0.2) is 28.0 Å². The molecule has 0 saturated carbocycles. The number of aryl methyl sites for hydroxylation is 1. The van der Waals surface area contributed by atoms with E-state index < -0.39 is 17.9 Å². The molecular formula is C21H20N2O4. The molecule has 0 aliphatic heterocycles. The van der Waals surface area contributed by atoms with Crippen LogP contribution < -0.4 is 10.9 Å². The number of carbonyl (C=O) groups excluding carboxylic acids is 1. The van der Waals surface area contributed by atoms with Gasteiger partial charge in [-0.1, -0.05) is 37.3 Å². The van der Waals surface area contributed by atoms with Gasteiger partial charge in [-0.3, -0.25) is 9.59 Å². The second-order valence-corrected chi connectivity index (χ2v) is 6.32. The molecule has 3 N–H and O–H groups in total. The first kappa shape index (κ1) is 18.4. The van der Waals surface area contributed by atoms with Gasteiger partial charge in [0.15, 0.2) is 0 Å². The molecule has 0 aliphatic rings. The number of para-hydroxylation sites is 1. The van der Waals surface area contributed by atoms with Crippen LogP contribution >= 0.6 is 0 Å². The second-order valence-electron chi connectivity index (χ2n) is 6.32. The lowest BCUT2D eigenvalue weighted by Crippen LogP contribution is -2.42. The number of pyridine rings is 1. The van der Waals surface area contributed by atoms with Crippen molar-refractivity contribution >= 4 is 22.8 Å². The highest BCUT2D eigenvalue weighted by Gasteiger charge is 2.22. The summed E-state index contributed by atoms with van der Waals surface area (Å²) >= 11 is 0. The van der Waals surface area contributed by atoms with Crippen LogP contribution in [0.2, 0.25) is 0 Å². The summed E-state index contributed by atoms with van der Waals surface area (Å²) in [6.45, 7) is 2.02. The monoisotopic (exact) mass is 364 g/mol. The van der Waals surface area contributed by atoms with E-state index in [0.717, 1.165) is 17.4 Å². The van der Waals surface area contributed by atoms with Crippen molar-refractivity contribution < 1.29 is 14.7 Å². The number of rotatable bonds is 6. The number of fused-ring (bicyclic) bond motifs is 1. The number of H-pyrrole nitrogens is 1. The summed E-state index contributed by atoms with van der Waals surface area (Å²) in [5.74, 6) is -1.61. The number of carboxylic acid groups (broad SMARTS) is 1. The number of aromatic nitrogens is 1. The lowest BCUT2D eigenvalue weighted by molar-refractivity contribution is -0.139. The highest BCUT2D eigenvalue weighted by molar-refractivity contribution is 5.96. The van der Waals surface area contributed by atoms with E-state index >= 15 is 0 Å². The van der Waals surface area contributed by atoms with Gasteiger partial charge in [-0.15, -0.1) is 0 Å². The van der Waals surface area contributed by atoms with Gasteiger partial charge in [0.25, 0.3) is 5.91 Å². The summed E-state index contributed by atoms with van der Waals surface area (Å²) in [7, 11) is 0. The Labute approximate surface area is 155 Å². The third-order valence-corrected chi connectivity index (χ3v) is 4.49. The fraction of sp³-hybridized carbons (Fsp3) is 0.190. The van der Waals surface area contributed by atoms with Gasteiger partial charge >= 0.3 is 5.97 Å². The molecule has 0 spiro atoms. The predicted octanol–water partition coefficient (Wildman–Crippen LogP) is 2.52. The number of carboxylic acids is 1. The van der Waals surface area contributed by atoms with Crippen molar-refractivity contribution in [3.05, 3.63) is 81.6 Å². The van der Waals surface area contributed by atoms with Gasteiger partial charge in [0, 0.05) is 29.0 Å². The minimum absolute atomic E-state index is 0.0125. The number of aliphatic carboxylic acids is 1. The van der Waals surface area contributed by atoms with Gasteiger partial charge in [0.1, 0.15) is 6.04 Å². The van der Waals surface area contributed by atoms with E-state index in [1.165, 1.54) is 6.07 Å². The Morgan fingerprint density at radius 2 is 1.81 bits per heavy atom. The fourth-order valence-electron chi connectivity index (χ4n) is 3.00. The molecular weight excluding hydrogens is 344 g/mol. The number of aromatic amines is 1. The van der Waals surface area contributed by atoms with E-state index in [9.17, 15) is 19.5 Å². The summed E-state index contributed by atoms with van der Waals surface area (Å²) in [6.07, 6.45) is 0.869. The zero-order chi connectivity index (χ0) is 19.4. The van der Waals surface area contributed by atoms with E-state index in [4.69, 9.17) is 0 Å². The number of benzene rings is 2. The van der Waals surface area contributed by atoms with Gasteiger partial charge in [-0.05, 0) is 35.7 Å². The van der Waals surface area contributed by atoms with E-state index in [0.29, 0.717) is 16.6 Å². The summed E-state index contributed by atoms with van der Waals surface area (Å²) < 4.78 is 0. The van der Waals surface area contributed by atoms with Gasteiger partial charge in [-0.25, -0.2) is 4.79 Å². The summed E-state index contributed by atoms with van der Waals surface area (Å²) in [5, 5.41) is 12.9. The Balaban J connectivity index is 1.85. The van der Waals surface area contributed by atoms with Crippen LogP contribution in [0.25, 0.3) is 10.9 Å². The van der Waals surface area contributed by atoms with Gasteiger partial charge < -0.3 is 15.4 Å². The van der Waals surface area contributed by atoms with Crippen molar-refractivity contribution in [3.63, 3.8) is 0 Å². The van der Waals surface area contributed by atoms with Crippen molar-refractivity contribution in [1.82, 2.24) is 10.3 Å². The van der Waals surface area contributed by atoms with Crippen LogP contribution in [0.15, 0.2) is 59.4 Å². The zero-order valence-electron chi connectivity index (χ0n) is 14.9. The summed E-state index contributed by atoms with van der Waals surface area (Å²) in [6, 6.07) is 14.4. The molecule has 0 bridgehead atoms. The van der Waals surface area contributed by atoms with E-state index in [-0.39, 0.29) is 12.0 Å². The second kappa shape index (κ2) is 7.86. The SMILES string of the molecule is CCc1ccc(C(=O)N[C@@H](Cc2cc(=O)[nH]c3ccccc23)C(=O)O)cc1. The van der Waals surface area contributed by atoms with Crippen molar-refractivity contribution in [2.75, 3.05) is 0 Å². The highest BCUT2D eigenvalue weighted by Crippen LogP contribution is 2.16. The van der Waals surface area contributed by atoms with Crippen LogP contribution in [0.5, 0.6) is 0 Å². The molecule has 138 valence electrons. The standard InChI is InChI=1S/C21H20N2O4/c1-2-13-7-9-14(10-8-13)20(25)23-18(21(26)27)11-15-12-19(24)22-17-6-4-3-5-16(15)17/h3-10,12,18H,2,11H2,1H3,(H,22,24)(H,23,25)(H,26,27)/t18-/m0/s1. The smallest absolute Gasteiger partial charge is 0.326 e. The maximum absolute atomic E-state index is 12.4. The van der Waals surface area contributed by atoms with E-state index in [2.05, 4.69) is 10.3 Å². The largest absolute Gasteiger partial charge is 0.480 e. The highest BCUT2D eigenvalue weighted by atomic mass is 16.4. The van der Waals surface area contributed by atoms with Crippen LogP contribution in [0, 0.1) is 0 Å². The first-order valence-corrected chi connectivity index (χ1v) is 8.71. The number of nitrogens with one attached hydrogen (secondary N) is 2. The molecule has 1 heterocycles. The van der Waals surface area contributed by atoms with Gasteiger partial charge in [0.05, 0.1) is 0 Å². The molecule has 0 fully saturated rings. The molecule has 3 rings (SSSR count). The third kappa shape index (κ3) is 4.23. The van der Waals surface area contributed by atoms with E-state index in [1.807, 2.05) is 31.2 Å². The predicted molar refractivity (Wildman–Crippen MR) is 103 cm³/mol. The van der Waals surface area contributed by atoms with Crippen LogP contribution in [0.3, 0.4) is 0 Å². The minimum Gasteiger partial charge on any atom is -0.480 e. The van der Waals surface area contributed by atoms with Gasteiger partial charge in [-0.2, -0.15) is 0 Å². The Bertz CT molecular complexity index is 1040. The molecule has 1 amide bonds. The van der Waals surface area contributed by atoms with Crippen molar-refractivity contribution in [2.24, 2.45) is 0 Å². The van der Waals surface area contributed by atoms with E-state index in [1.54, 1.807) is 24.3 Å². The molecule has 6 nitrogen and oxygen atoms in total. The van der Waals surface area contributed by atoms with Crippen LogP contribution in [0.4, 0.5) is 0 Å². The number of amides is 1. The average molecular weight is 364 g/mol. The lowest BCUT2D eigenvalue weighted by Gasteiger charge is -2.16. The third-order valence-electron chi connectivity index (χ3n) is 4.49. The molecule has 0 radical (unpaired) electrons. The first-order valence-electron chi connectivity index (χ1n) is 8.71. The molecule has 6 heteroatoms. The molecule has 3 aromatic rings. The van der Waals surface area contributed by atoms with Crippen LogP contribution in [0.1, 0.15) is 28.4 Å². The maximum atomic E-state index is 12.4. The average Bonchev–Trinajstić information content (AvgIpc) is 2.67. The lowest BCUT2D eigenvalue weighted by atomic mass is 10.0. The maximum Gasteiger partial charge on any atom is 0.326 e. The summed E-state index contributed by atoms with van der Waals surface area (Å²) in [5.41, 5.74) is 2.38. The number of hydrogen-bond acceptors (Lipinski definition) is 3. The zero-order valence-corrected chi connectivity index (χ0v) is 14.9.